The summed E-state index contributed by atoms with van der Waals surface area (Å²) in [6.45, 7) is 1.99. The third kappa shape index (κ3) is 3.78. The average molecular weight is 346 g/mol. The highest BCUT2D eigenvalue weighted by Crippen LogP contribution is 2.24. The van der Waals surface area contributed by atoms with Gasteiger partial charge in [-0.3, -0.25) is 14.9 Å². The van der Waals surface area contributed by atoms with Crippen molar-refractivity contribution in [3.05, 3.63) is 111 Å². The van der Waals surface area contributed by atoms with Gasteiger partial charge in [0.25, 0.3) is 11.6 Å². The van der Waals surface area contributed by atoms with Crippen LogP contribution in [0.3, 0.4) is 0 Å². The number of amides is 1. The summed E-state index contributed by atoms with van der Waals surface area (Å²) in [5, 5.41) is 14.2. The second-order valence-electron chi connectivity index (χ2n) is 6.00. The number of rotatable bonds is 5. The number of hydrogen-bond acceptors (Lipinski definition) is 3. The molecule has 0 aliphatic rings. The van der Waals surface area contributed by atoms with E-state index in [2.05, 4.69) is 5.32 Å². The van der Waals surface area contributed by atoms with Gasteiger partial charge >= 0.3 is 0 Å². The molecule has 0 saturated carbocycles. The molecule has 1 unspecified atom stereocenters. The van der Waals surface area contributed by atoms with Crippen LogP contribution in [-0.2, 0) is 0 Å². The molecule has 0 heterocycles. The molecule has 3 rings (SSSR count). The Bertz CT molecular complexity index is 922. The third-order valence-corrected chi connectivity index (χ3v) is 4.16. The van der Waals surface area contributed by atoms with Crippen LogP contribution >= 0.6 is 0 Å². The number of benzene rings is 3. The van der Waals surface area contributed by atoms with E-state index in [0.29, 0.717) is 0 Å². The van der Waals surface area contributed by atoms with E-state index in [4.69, 9.17) is 0 Å². The normalized spacial score (nSPS) is 11.6. The summed E-state index contributed by atoms with van der Waals surface area (Å²) in [6.07, 6.45) is 0. The van der Waals surface area contributed by atoms with Gasteiger partial charge in [-0.15, -0.1) is 0 Å². The summed E-state index contributed by atoms with van der Waals surface area (Å²) in [5.41, 5.74) is 2.77. The second-order valence-corrected chi connectivity index (χ2v) is 6.00. The Hall–Kier alpha value is -3.47. The van der Waals surface area contributed by atoms with Crippen molar-refractivity contribution in [3.63, 3.8) is 0 Å². The van der Waals surface area contributed by atoms with E-state index in [1.54, 1.807) is 12.1 Å². The molecule has 0 bridgehead atoms. The van der Waals surface area contributed by atoms with Crippen molar-refractivity contribution < 1.29 is 9.72 Å². The van der Waals surface area contributed by atoms with E-state index in [9.17, 15) is 14.9 Å². The minimum Gasteiger partial charge on any atom is -0.341 e. The summed E-state index contributed by atoms with van der Waals surface area (Å²) in [6, 6.07) is 22.9. The first-order valence-electron chi connectivity index (χ1n) is 8.22. The van der Waals surface area contributed by atoms with Crippen LogP contribution in [-0.4, -0.2) is 10.8 Å². The minimum atomic E-state index is -0.543. The van der Waals surface area contributed by atoms with Crippen molar-refractivity contribution >= 4 is 11.6 Å². The van der Waals surface area contributed by atoms with Crippen LogP contribution in [0.15, 0.2) is 78.9 Å². The number of aryl methyl sites for hydroxylation is 1. The molecule has 1 amide bonds. The number of para-hydroxylation sites is 1. The average Bonchev–Trinajstić information content (AvgIpc) is 2.67. The zero-order chi connectivity index (χ0) is 18.5. The Morgan fingerprint density at radius 1 is 0.885 bits per heavy atom. The monoisotopic (exact) mass is 346 g/mol. The second kappa shape index (κ2) is 7.61. The van der Waals surface area contributed by atoms with Gasteiger partial charge in [0.05, 0.1) is 11.0 Å². The quantitative estimate of drug-likeness (QED) is 0.549. The van der Waals surface area contributed by atoms with Gasteiger partial charge in [-0.25, -0.2) is 0 Å². The molecule has 3 aromatic carbocycles. The molecule has 26 heavy (non-hydrogen) atoms. The molecule has 0 saturated heterocycles. The largest absolute Gasteiger partial charge is 0.341 e. The lowest BCUT2D eigenvalue weighted by Crippen LogP contribution is -2.29. The van der Waals surface area contributed by atoms with Crippen LogP contribution in [0.1, 0.15) is 33.1 Å². The van der Waals surface area contributed by atoms with Crippen molar-refractivity contribution in [3.8, 4) is 0 Å². The Kier molecular flexibility index (Phi) is 5.08. The summed E-state index contributed by atoms with van der Waals surface area (Å²) in [4.78, 5) is 23.5. The SMILES string of the molecule is Cc1ccc(C(NC(=O)c2ccccc2[N+](=O)[O-])c2ccccc2)cc1. The lowest BCUT2D eigenvalue weighted by atomic mass is 9.97. The van der Waals surface area contributed by atoms with Crippen LogP contribution in [0.25, 0.3) is 0 Å². The molecular weight excluding hydrogens is 328 g/mol. The standard InChI is InChI=1S/C21H18N2O3/c1-15-11-13-17(14-12-15)20(16-7-3-2-4-8-16)22-21(24)18-9-5-6-10-19(18)23(25)26/h2-14,20H,1H3,(H,22,24). The molecule has 5 nitrogen and oxygen atoms in total. The highest BCUT2D eigenvalue weighted by Gasteiger charge is 2.23. The predicted molar refractivity (Wildman–Crippen MR) is 100 cm³/mol. The van der Waals surface area contributed by atoms with Gasteiger partial charge in [-0.1, -0.05) is 72.3 Å². The Morgan fingerprint density at radius 2 is 1.46 bits per heavy atom. The fourth-order valence-electron chi connectivity index (χ4n) is 2.80. The van der Waals surface area contributed by atoms with Gasteiger partial charge in [-0.2, -0.15) is 0 Å². The van der Waals surface area contributed by atoms with Gasteiger partial charge in [0.1, 0.15) is 5.56 Å². The molecule has 1 N–H and O–H groups in total. The number of nitro benzene ring substituents is 1. The Balaban J connectivity index is 1.97. The van der Waals surface area contributed by atoms with Gasteiger partial charge < -0.3 is 5.32 Å². The summed E-state index contributed by atoms with van der Waals surface area (Å²) >= 11 is 0. The summed E-state index contributed by atoms with van der Waals surface area (Å²) < 4.78 is 0. The molecule has 1 atom stereocenters. The van der Waals surface area contributed by atoms with E-state index < -0.39 is 16.9 Å². The molecule has 0 aromatic heterocycles. The number of nitrogens with one attached hydrogen (secondary N) is 1. The van der Waals surface area contributed by atoms with Crippen LogP contribution in [0.2, 0.25) is 0 Å². The van der Waals surface area contributed by atoms with Gasteiger partial charge in [-0.05, 0) is 24.1 Å². The topological polar surface area (TPSA) is 72.2 Å². The lowest BCUT2D eigenvalue weighted by molar-refractivity contribution is -0.385. The van der Waals surface area contributed by atoms with Gasteiger partial charge in [0.15, 0.2) is 0 Å². The first-order valence-corrected chi connectivity index (χ1v) is 8.22. The highest BCUT2D eigenvalue weighted by molar-refractivity contribution is 5.98. The van der Waals surface area contributed by atoms with Gasteiger partial charge in [0, 0.05) is 6.07 Å². The van der Waals surface area contributed by atoms with E-state index in [1.165, 1.54) is 12.1 Å². The maximum atomic E-state index is 12.8. The first kappa shape index (κ1) is 17.4. The minimum absolute atomic E-state index is 0.0468. The predicted octanol–water partition coefficient (Wildman–Crippen LogP) is 4.42. The van der Waals surface area contributed by atoms with E-state index in [-0.39, 0.29) is 11.3 Å². The number of carbonyl (C=O) groups excluding carboxylic acids is 1. The Labute approximate surface area is 151 Å². The van der Waals surface area contributed by atoms with Crippen molar-refractivity contribution in [1.29, 1.82) is 0 Å². The van der Waals surface area contributed by atoms with Crippen LogP contribution in [0.4, 0.5) is 5.69 Å². The number of nitro groups is 1. The van der Waals surface area contributed by atoms with Crippen LogP contribution < -0.4 is 5.32 Å². The van der Waals surface area contributed by atoms with Crippen molar-refractivity contribution in [2.24, 2.45) is 0 Å². The fourth-order valence-corrected chi connectivity index (χ4v) is 2.80. The molecule has 0 spiro atoms. The molecular formula is C21H18N2O3. The maximum absolute atomic E-state index is 12.8. The molecule has 0 aliphatic heterocycles. The third-order valence-electron chi connectivity index (χ3n) is 4.16. The maximum Gasteiger partial charge on any atom is 0.282 e. The van der Waals surface area contributed by atoms with Crippen LogP contribution in [0.5, 0.6) is 0 Å². The molecule has 130 valence electrons. The number of hydrogen-bond donors (Lipinski definition) is 1. The molecule has 3 aromatic rings. The van der Waals surface area contributed by atoms with Gasteiger partial charge in [0.2, 0.25) is 0 Å². The Morgan fingerprint density at radius 3 is 2.12 bits per heavy atom. The summed E-state index contributed by atoms with van der Waals surface area (Å²) in [7, 11) is 0. The van der Waals surface area contributed by atoms with E-state index >= 15 is 0 Å². The molecule has 5 heteroatoms. The molecule has 0 fully saturated rings. The molecule has 0 aliphatic carbocycles. The van der Waals surface area contributed by atoms with E-state index in [0.717, 1.165) is 16.7 Å². The lowest BCUT2D eigenvalue weighted by Gasteiger charge is -2.20. The zero-order valence-electron chi connectivity index (χ0n) is 14.3. The number of nitrogens with zero attached hydrogens (tertiary/aromatic N) is 1. The fraction of sp³-hybridized carbons (Fsp3) is 0.0952. The van der Waals surface area contributed by atoms with Crippen LogP contribution in [0, 0.1) is 17.0 Å². The molecule has 0 radical (unpaired) electrons. The van der Waals surface area contributed by atoms with E-state index in [1.807, 2.05) is 61.5 Å². The highest BCUT2D eigenvalue weighted by atomic mass is 16.6. The zero-order valence-corrected chi connectivity index (χ0v) is 14.3. The summed E-state index contributed by atoms with van der Waals surface area (Å²) in [5.74, 6) is -0.480. The van der Waals surface area contributed by atoms with Crippen molar-refractivity contribution in [2.45, 2.75) is 13.0 Å². The first-order chi connectivity index (χ1) is 12.6. The number of carbonyl (C=O) groups is 1. The smallest absolute Gasteiger partial charge is 0.282 e. The van der Waals surface area contributed by atoms with Crippen molar-refractivity contribution in [2.75, 3.05) is 0 Å². The van der Waals surface area contributed by atoms with Crippen molar-refractivity contribution in [1.82, 2.24) is 5.32 Å².